The molecule has 2 aromatic heterocycles. The molecule has 0 saturated heterocycles. The van der Waals surface area contributed by atoms with Crippen LogP contribution in [0.4, 0.5) is 0 Å². The van der Waals surface area contributed by atoms with Crippen LogP contribution in [0.3, 0.4) is 0 Å². The fourth-order valence-corrected chi connectivity index (χ4v) is 1.74. The van der Waals surface area contributed by atoms with Crippen molar-refractivity contribution in [2.45, 2.75) is 33.6 Å². The van der Waals surface area contributed by atoms with E-state index in [1.54, 1.807) is 17.1 Å². The molecule has 0 fully saturated rings. The predicted molar refractivity (Wildman–Crippen MR) is 72.8 cm³/mol. The maximum atomic E-state index is 5.48. The van der Waals surface area contributed by atoms with Crippen molar-refractivity contribution in [3.63, 3.8) is 0 Å². The molecule has 0 aliphatic rings. The van der Waals surface area contributed by atoms with Gasteiger partial charge in [-0.1, -0.05) is 5.21 Å². The van der Waals surface area contributed by atoms with Crippen molar-refractivity contribution >= 4 is 0 Å². The van der Waals surface area contributed by atoms with Gasteiger partial charge in [-0.2, -0.15) is 0 Å². The van der Waals surface area contributed by atoms with Gasteiger partial charge in [-0.15, -0.1) is 5.10 Å². The first kappa shape index (κ1) is 14.5. The molecule has 0 saturated carbocycles. The first-order valence-corrected chi connectivity index (χ1v) is 6.66. The molecule has 0 aliphatic heterocycles. The fourth-order valence-electron chi connectivity index (χ4n) is 1.74. The lowest BCUT2D eigenvalue weighted by Crippen LogP contribution is -2.24. The lowest BCUT2D eigenvalue weighted by molar-refractivity contribution is -0.145. The number of aromatic nitrogens is 5. The van der Waals surface area contributed by atoms with E-state index in [2.05, 4.69) is 20.3 Å². The maximum Gasteiger partial charge on any atom is 0.181 e. The highest BCUT2D eigenvalue weighted by atomic mass is 16.7. The van der Waals surface area contributed by atoms with Crippen molar-refractivity contribution in [3.8, 4) is 11.5 Å². The molecule has 2 aromatic rings. The summed E-state index contributed by atoms with van der Waals surface area (Å²) in [5.74, 6) is 0.570. The van der Waals surface area contributed by atoms with Crippen molar-refractivity contribution in [1.29, 1.82) is 0 Å². The molecule has 0 radical (unpaired) electrons. The number of ether oxygens (including phenoxy) is 2. The molecule has 0 spiro atoms. The van der Waals surface area contributed by atoms with Gasteiger partial charge < -0.3 is 9.47 Å². The lowest BCUT2D eigenvalue weighted by atomic mass is 10.4. The average molecular weight is 277 g/mol. The second kappa shape index (κ2) is 7.06. The topological polar surface area (TPSA) is 75.0 Å². The van der Waals surface area contributed by atoms with Gasteiger partial charge in [0.2, 0.25) is 0 Å². The van der Waals surface area contributed by atoms with Crippen LogP contribution in [0.25, 0.3) is 11.5 Å². The summed E-state index contributed by atoms with van der Waals surface area (Å²) in [6.45, 7) is 7.44. The Morgan fingerprint density at radius 3 is 2.65 bits per heavy atom. The third kappa shape index (κ3) is 3.82. The normalized spacial score (nSPS) is 11.2. The van der Waals surface area contributed by atoms with Gasteiger partial charge in [0.25, 0.3) is 0 Å². The van der Waals surface area contributed by atoms with Crippen LogP contribution in [0.1, 0.15) is 19.5 Å². The van der Waals surface area contributed by atoms with Crippen LogP contribution in [0.2, 0.25) is 0 Å². The minimum Gasteiger partial charge on any atom is -0.351 e. The Kier molecular flexibility index (Phi) is 5.14. The van der Waals surface area contributed by atoms with Crippen molar-refractivity contribution in [1.82, 2.24) is 25.0 Å². The molecule has 0 unspecified atom stereocenters. The van der Waals surface area contributed by atoms with Gasteiger partial charge in [-0.05, 0) is 26.8 Å². The van der Waals surface area contributed by atoms with E-state index in [0.29, 0.717) is 31.3 Å². The Balaban J connectivity index is 2.08. The second-order valence-electron chi connectivity index (χ2n) is 4.19. The molecule has 20 heavy (non-hydrogen) atoms. The van der Waals surface area contributed by atoms with Gasteiger partial charge in [0, 0.05) is 25.1 Å². The quantitative estimate of drug-likeness (QED) is 0.713. The molecule has 0 aromatic carbocycles. The monoisotopic (exact) mass is 277 g/mol. The van der Waals surface area contributed by atoms with Gasteiger partial charge in [-0.25, -0.2) is 14.6 Å². The van der Waals surface area contributed by atoms with Gasteiger partial charge in [0.1, 0.15) is 5.69 Å². The van der Waals surface area contributed by atoms with E-state index in [0.717, 1.165) is 5.69 Å². The highest BCUT2D eigenvalue weighted by molar-refractivity contribution is 5.46. The van der Waals surface area contributed by atoms with Gasteiger partial charge in [0.15, 0.2) is 12.1 Å². The minimum absolute atomic E-state index is 0.321. The number of hydrogen-bond acceptors (Lipinski definition) is 6. The van der Waals surface area contributed by atoms with Crippen LogP contribution < -0.4 is 0 Å². The Bertz CT molecular complexity index is 537. The zero-order valence-corrected chi connectivity index (χ0v) is 12.0. The summed E-state index contributed by atoms with van der Waals surface area (Å²) >= 11 is 0. The summed E-state index contributed by atoms with van der Waals surface area (Å²) in [5, 5.41) is 8.13. The van der Waals surface area contributed by atoms with Gasteiger partial charge in [-0.3, -0.25) is 0 Å². The van der Waals surface area contributed by atoms with Gasteiger partial charge in [0.05, 0.1) is 12.7 Å². The minimum atomic E-state index is -0.321. The third-order valence-electron chi connectivity index (χ3n) is 2.60. The lowest BCUT2D eigenvalue weighted by Gasteiger charge is -2.16. The summed E-state index contributed by atoms with van der Waals surface area (Å²) in [6.07, 6.45) is 3.18. The maximum absolute atomic E-state index is 5.48. The summed E-state index contributed by atoms with van der Waals surface area (Å²) in [5.41, 5.74) is 1.53. The molecule has 0 atom stereocenters. The number of hydrogen-bond donors (Lipinski definition) is 0. The molecule has 2 rings (SSSR count). The van der Waals surface area contributed by atoms with E-state index in [4.69, 9.17) is 9.47 Å². The van der Waals surface area contributed by atoms with E-state index < -0.39 is 0 Å². The highest BCUT2D eigenvalue weighted by Gasteiger charge is 2.12. The first-order chi connectivity index (χ1) is 9.72. The van der Waals surface area contributed by atoms with Crippen molar-refractivity contribution in [2.75, 3.05) is 13.2 Å². The van der Waals surface area contributed by atoms with Crippen molar-refractivity contribution in [2.24, 2.45) is 0 Å². The molecule has 0 amide bonds. The zero-order chi connectivity index (χ0) is 14.4. The van der Waals surface area contributed by atoms with E-state index in [1.165, 1.54) is 0 Å². The Morgan fingerprint density at radius 2 is 2.00 bits per heavy atom. The van der Waals surface area contributed by atoms with Crippen molar-refractivity contribution < 1.29 is 9.47 Å². The molecular weight excluding hydrogens is 258 g/mol. The molecule has 7 nitrogen and oxygen atoms in total. The fraction of sp³-hybridized carbons (Fsp3) is 0.538. The summed E-state index contributed by atoms with van der Waals surface area (Å²) in [4.78, 5) is 8.50. The molecular formula is C13H19N5O2. The molecule has 7 heteroatoms. The summed E-state index contributed by atoms with van der Waals surface area (Å²) < 4.78 is 12.6. The van der Waals surface area contributed by atoms with E-state index >= 15 is 0 Å². The summed E-state index contributed by atoms with van der Waals surface area (Å²) in [6, 6.07) is 1.84. The highest BCUT2D eigenvalue weighted by Crippen LogP contribution is 2.11. The summed E-state index contributed by atoms with van der Waals surface area (Å²) in [7, 11) is 0. The Morgan fingerprint density at radius 1 is 1.25 bits per heavy atom. The number of nitrogens with zero attached hydrogens (tertiary/aromatic N) is 5. The molecule has 108 valence electrons. The van der Waals surface area contributed by atoms with E-state index in [9.17, 15) is 0 Å². The molecule has 2 heterocycles. The van der Waals surface area contributed by atoms with Crippen LogP contribution >= 0.6 is 0 Å². The largest absolute Gasteiger partial charge is 0.351 e. The van der Waals surface area contributed by atoms with Crippen LogP contribution in [0.5, 0.6) is 0 Å². The van der Waals surface area contributed by atoms with E-state index in [-0.39, 0.29) is 6.29 Å². The number of aryl methyl sites for hydroxylation is 1. The Labute approximate surface area is 118 Å². The smallest absolute Gasteiger partial charge is 0.181 e. The van der Waals surface area contributed by atoms with Crippen LogP contribution in [0, 0.1) is 6.92 Å². The number of rotatable bonds is 7. The average Bonchev–Trinajstić information content (AvgIpc) is 2.88. The van der Waals surface area contributed by atoms with Crippen LogP contribution in [-0.4, -0.2) is 44.5 Å². The molecule has 0 aliphatic carbocycles. The van der Waals surface area contributed by atoms with Gasteiger partial charge >= 0.3 is 0 Å². The van der Waals surface area contributed by atoms with E-state index in [1.807, 2.05) is 26.8 Å². The van der Waals surface area contributed by atoms with Crippen LogP contribution in [-0.2, 0) is 16.0 Å². The SMILES string of the molecule is CCOC(Cn1cc(-c2nccc(C)n2)nn1)OCC. The first-order valence-electron chi connectivity index (χ1n) is 6.66. The third-order valence-corrected chi connectivity index (χ3v) is 2.60. The molecule has 0 N–H and O–H groups in total. The van der Waals surface area contributed by atoms with Crippen molar-refractivity contribution in [3.05, 3.63) is 24.2 Å². The molecule has 0 bridgehead atoms. The predicted octanol–water partition coefficient (Wildman–Crippen LogP) is 1.44. The Hall–Kier alpha value is -1.86. The second-order valence-corrected chi connectivity index (χ2v) is 4.19. The zero-order valence-electron chi connectivity index (χ0n) is 12.0. The van der Waals surface area contributed by atoms with Crippen LogP contribution in [0.15, 0.2) is 18.5 Å². The standard InChI is InChI=1S/C13H19N5O2/c1-4-19-12(20-5-2)9-18-8-11(16-17-18)13-14-7-6-10(3)15-13/h6-8,12H,4-5,9H2,1-3H3.